The summed E-state index contributed by atoms with van der Waals surface area (Å²) in [6.45, 7) is 1.92. The van der Waals surface area contributed by atoms with Crippen LogP contribution in [0.1, 0.15) is 6.92 Å². The summed E-state index contributed by atoms with van der Waals surface area (Å²) < 4.78 is 5.25. The number of rotatable bonds is 3. The molecule has 4 N–H and O–H groups in total. The van der Waals surface area contributed by atoms with Gasteiger partial charge in [0.05, 0.1) is 16.4 Å². The normalized spacial score (nSPS) is 15.0. The van der Waals surface area contributed by atoms with Crippen LogP contribution in [0.4, 0.5) is 11.4 Å². The highest BCUT2D eigenvalue weighted by molar-refractivity contribution is 6.34. The number of hydrogen-bond donors (Lipinski definition) is 3. The van der Waals surface area contributed by atoms with Gasteiger partial charge in [-0.15, -0.1) is 0 Å². The van der Waals surface area contributed by atoms with Gasteiger partial charge in [0.25, 0.3) is 5.91 Å². The van der Waals surface area contributed by atoms with Crippen molar-refractivity contribution in [3.63, 3.8) is 0 Å². The molecule has 2 rings (SSSR count). The summed E-state index contributed by atoms with van der Waals surface area (Å²) in [5, 5.41) is 5.63. The fraction of sp³-hybridized carbons (Fsp3) is 0.333. The second kappa shape index (κ2) is 5.46. The minimum Gasteiger partial charge on any atom is -0.482 e. The van der Waals surface area contributed by atoms with E-state index in [2.05, 4.69) is 10.6 Å². The van der Waals surface area contributed by atoms with Crippen molar-refractivity contribution in [2.45, 2.75) is 6.92 Å². The zero-order chi connectivity index (χ0) is 14.0. The Hall–Kier alpha value is -1.79. The number of carbonyl (C=O) groups is 2. The lowest BCUT2D eigenvalue weighted by molar-refractivity contribution is -0.119. The second-order valence-electron chi connectivity index (χ2n) is 4.29. The van der Waals surface area contributed by atoms with Crippen LogP contribution in [-0.4, -0.2) is 25.0 Å². The van der Waals surface area contributed by atoms with Gasteiger partial charge in [-0.25, -0.2) is 0 Å². The van der Waals surface area contributed by atoms with Gasteiger partial charge in [0.15, 0.2) is 6.61 Å². The second-order valence-corrected chi connectivity index (χ2v) is 4.70. The quantitative estimate of drug-likeness (QED) is 0.777. The molecule has 1 aliphatic heterocycles. The van der Waals surface area contributed by atoms with Gasteiger partial charge in [-0.3, -0.25) is 9.59 Å². The first-order valence-corrected chi connectivity index (χ1v) is 6.16. The van der Waals surface area contributed by atoms with E-state index in [-0.39, 0.29) is 30.9 Å². The first-order chi connectivity index (χ1) is 9.01. The Kier molecular flexibility index (Phi) is 3.92. The molecule has 0 saturated heterocycles. The molecule has 1 unspecified atom stereocenters. The van der Waals surface area contributed by atoms with Crippen molar-refractivity contribution >= 4 is 34.8 Å². The number of hydrogen-bond acceptors (Lipinski definition) is 4. The number of halogens is 1. The van der Waals surface area contributed by atoms with Crippen LogP contribution in [0.25, 0.3) is 0 Å². The van der Waals surface area contributed by atoms with Gasteiger partial charge in [-0.2, -0.15) is 0 Å². The van der Waals surface area contributed by atoms with E-state index in [1.165, 1.54) is 6.07 Å². The highest BCUT2D eigenvalue weighted by Crippen LogP contribution is 2.36. The predicted octanol–water partition coefficient (Wildman–Crippen LogP) is 1.20. The molecule has 0 spiro atoms. The third-order valence-corrected chi connectivity index (χ3v) is 3.07. The smallest absolute Gasteiger partial charge is 0.262 e. The molecular weight excluding hydrogens is 270 g/mol. The van der Waals surface area contributed by atoms with E-state index in [0.717, 1.165) is 0 Å². The first kappa shape index (κ1) is 13.6. The van der Waals surface area contributed by atoms with Gasteiger partial charge in [0.2, 0.25) is 5.91 Å². The van der Waals surface area contributed by atoms with E-state index < -0.39 is 0 Å². The average Bonchev–Trinajstić information content (AvgIpc) is 2.38. The molecule has 0 saturated carbocycles. The number of ether oxygens (including phenoxy) is 1. The van der Waals surface area contributed by atoms with E-state index >= 15 is 0 Å². The van der Waals surface area contributed by atoms with Crippen molar-refractivity contribution in [1.82, 2.24) is 0 Å². The minimum atomic E-state index is -0.312. The Morgan fingerprint density at radius 3 is 3.05 bits per heavy atom. The Labute approximate surface area is 115 Å². The molecule has 1 aromatic carbocycles. The Bertz CT molecular complexity index is 533. The van der Waals surface area contributed by atoms with Crippen molar-refractivity contribution in [3.05, 3.63) is 17.2 Å². The lowest BCUT2D eigenvalue weighted by Gasteiger charge is -2.20. The third kappa shape index (κ3) is 2.97. The van der Waals surface area contributed by atoms with Crippen LogP contribution in [0, 0.1) is 5.92 Å². The maximum Gasteiger partial charge on any atom is 0.262 e. The van der Waals surface area contributed by atoms with Crippen LogP contribution in [0.5, 0.6) is 5.75 Å². The van der Waals surface area contributed by atoms with Crippen LogP contribution in [0.15, 0.2) is 12.1 Å². The summed E-state index contributed by atoms with van der Waals surface area (Å²) in [4.78, 5) is 22.9. The zero-order valence-corrected chi connectivity index (χ0v) is 11.1. The third-order valence-electron chi connectivity index (χ3n) is 2.76. The molecule has 1 atom stereocenters. The Morgan fingerprint density at radius 1 is 1.63 bits per heavy atom. The maximum atomic E-state index is 11.8. The summed E-state index contributed by atoms with van der Waals surface area (Å²) in [6.07, 6.45) is 0. The van der Waals surface area contributed by atoms with Crippen LogP contribution < -0.4 is 21.1 Å². The fourth-order valence-corrected chi connectivity index (χ4v) is 1.77. The monoisotopic (exact) mass is 283 g/mol. The van der Waals surface area contributed by atoms with Gasteiger partial charge in [0, 0.05) is 18.5 Å². The van der Waals surface area contributed by atoms with Crippen molar-refractivity contribution in [1.29, 1.82) is 0 Å². The van der Waals surface area contributed by atoms with Crippen LogP contribution in [0.3, 0.4) is 0 Å². The van der Waals surface area contributed by atoms with Crippen LogP contribution >= 0.6 is 11.6 Å². The molecule has 7 heteroatoms. The van der Waals surface area contributed by atoms with Crippen molar-refractivity contribution in [2.24, 2.45) is 11.7 Å². The number of anilines is 2. The van der Waals surface area contributed by atoms with E-state index in [4.69, 9.17) is 22.1 Å². The number of nitrogens with one attached hydrogen (secondary N) is 2. The number of nitrogens with two attached hydrogens (primary N) is 1. The number of carbonyl (C=O) groups excluding carboxylic acids is 2. The summed E-state index contributed by atoms with van der Waals surface area (Å²) in [5.41, 5.74) is 6.35. The molecule has 19 heavy (non-hydrogen) atoms. The topological polar surface area (TPSA) is 93.5 Å². The summed E-state index contributed by atoms with van der Waals surface area (Å²) in [7, 11) is 0. The van der Waals surface area contributed by atoms with Gasteiger partial charge in [0.1, 0.15) is 5.75 Å². The first-order valence-electron chi connectivity index (χ1n) is 5.78. The Morgan fingerprint density at radius 2 is 2.37 bits per heavy atom. The molecule has 2 amide bonds. The van der Waals surface area contributed by atoms with Crippen molar-refractivity contribution < 1.29 is 14.3 Å². The van der Waals surface area contributed by atoms with E-state index in [1.54, 1.807) is 13.0 Å². The van der Waals surface area contributed by atoms with E-state index in [0.29, 0.717) is 22.1 Å². The molecule has 1 heterocycles. The molecular formula is C12H14ClN3O3. The van der Waals surface area contributed by atoms with Crippen molar-refractivity contribution in [2.75, 3.05) is 23.8 Å². The molecule has 0 aliphatic carbocycles. The zero-order valence-electron chi connectivity index (χ0n) is 10.3. The predicted molar refractivity (Wildman–Crippen MR) is 72.4 cm³/mol. The molecule has 6 nitrogen and oxygen atoms in total. The van der Waals surface area contributed by atoms with Crippen molar-refractivity contribution in [3.8, 4) is 5.75 Å². The van der Waals surface area contributed by atoms with Gasteiger partial charge >= 0.3 is 0 Å². The summed E-state index contributed by atoms with van der Waals surface area (Å²) in [5.74, 6) is -0.297. The molecule has 0 radical (unpaired) electrons. The summed E-state index contributed by atoms with van der Waals surface area (Å²) >= 11 is 6.05. The Balaban J connectivity index is 2.23. The van der Waals surface area contributed by atoms with Crippen LogP contribution in [0.2, 0.25) is 5.02 Å². The van der Waals surface area contributed by atoms with Gasteiger partial charge in [-0.05, 0) is 6.07 Å². The molecule has 1 aromatic rings. The molecule has 0 bridgehead atoms. The van der Waals surface area contributed by atoms with E-state index in [9.17, 15) is 9.59 Å². The van der Waals surface area contributed by atoms with Gasteiger partial charge < -0.3 is 21.1 Å². The summed E-state index contributed by atoms with van der Waals surface area (Å²) in [6, 6.07) is 3.12. The molecule has 0 aromatic heterocycles. The molecule has 0 fully saturated rings. The number of benzene rings is 1. The van der Waals surface area contributed by atoms with E-state index in [1.807, 2.05) is 0 Å². The average molecular weight is 284 g/mol. The maximum absolute atomic E-state index is 11.8. The SMILES string of the molecule is CC(CN)C(=O)Nc1cc2c(cc1Cl)NC(=O)CO2. The lowest BCUT2D eigenvalue weighted by atomic mass is 10.1. The van der Waals surface area contributed by atoms with Crippen LogP contribution in [-0.2, 0) is 9.59 Å². The highest BCUT2D eigenvalue weighted by Gasteiger charge is 2.20. The van der Waals surface area contributed by atoms with Gasteiger partial charge in [-0.1, -0.05) is 18.5 Å². The standard InChI is InChI=1S/C12H14ClN3O3/c1-6(4-14)12(18)16-8-3-10-9(2-7(8)13)15-11(17)5-19-10/h2-3,6H,4-5,14H2,1H3,(H,15,17)(H,16,18). The highest BCUT2D eigenvalue weighted by atomic mass is 35.5. The number of amides is 2. The molecule has 1 aliphatic rings. The lowest BCUT2D eigenvalue weighted by Crippen LogP contribution is -2.27. The molecule has 102 valence electrons. The largest absolute Gasteiger partial charge is 0.482 e. The number of fused-ring (bicyclic) bond motifs is 1. The minimum absolute atomic E-state index is 0.0543. The fourth-order valence-electron chi connectivity index (χ4n) is 1.56.